The molecule has 19 atom stereocenters. The Kier molecular flexibility index (Phi) is 11.0. The summed E-state index contributed by atoms with van der Waals surface area (Å²) < 4.78 is 24.5. The lowest BCUT2D eigenvalue weighted by Gasteiger charge is -2.71. The number of aliphatic carboxylic acids is 2. The minimum absolute atomic E-state index is 0.143. The van der Waals surface area contributed by atoms with Crippen LogP contribution in [0.3, 0.4) is 0 Å². The van der Waals surface area contributed by atoms with Crippen molar-refractivity contribution in [3.63, 3.8) is 0 Å². The van der Waals surface area contributed by atoms with E-state index in [1.54, 1.807) is 0 Å². The molecule has 7 rings (SSSR count). The van der Waals surface area contributed by atoms with E-state index >= 15 is 0 Å². The van der Waals surface area contributed by atoms with Crippen molar-refractivity contribution in [3.05, 3.63) is 11.6 Å². The first-order valence-electron chi connectivity index (χ1n) is 20.9. The van der Waals surface area contributed by atoms with Crippen molar-refractivity contribution in [1.82, 2.24) is 0 Å². The van der Waals surface area contributed by atoms with Gasteiger partial charge in [-0.3, -0.25) is 4.79 Å². The number of allylic oxidation sites excluding steroid dienone is 1. The van der Waals surface area contributed by atoms with E-state index in [1.807, 2.05) is 13.8 Å². The number of fused-ring (bicyclic) bond motifs is 7. The molecule has 15 nitrogen and oxygen atoms in total. The van der Waals surface area contributed by atoms with Crippen LogP contribution in [0.5, 0.6) is 0 Å². The maximum Gasteiger partial charge on any atom is 0.335 e. The molecular formula is C42H66O15. The van der Waals surface area contributed by atoms with Crippen LogP contribution >= 0.6 is 0 Å². The molecule has 324 valence electrons. The van der Waals surface area contributed by atoms with Gasteiger partial charge in [-0.25, -0.2) is 4.79 Å². The topological polar surface area (TPSA) is 253 Å². The molecule has 0 radical (unpaired) electrons. The van der Waals surface area contributed by atoms with E-state index < -0.39 is 120 Å². The molecule has 0 spiro atoms. The smallest absolute Gasteiger partial charge is 0.335 e. The number of hydrogen-bond acceptors (Lipinski definition) is 13. The van der Waals surface area contributed by atoms with Crippen LogP contribution in [0.25, 0.3) is 0 Å². The predicted octanol–water partition coefficient (Wildman–Crippen LogP) is 1.95. The molecule has 4 saturated carbocycles. The van der Waals surface area contributed by atoms with Gasteiger partial charge >= 0.3 is 11.9 Å². The second kappa shape index (κ2) is 14.4. The molecule has 2 heterocycles. The summed E-state index contributed by atoms with van der Waals surface area (Å²) in [4.78, 5) is 25.4. The molecule has 15 heteroatoms. The Hall–Kier alpha value is -1.76. The number of ether oxygens (including phenoxy) is 4. The molecule has 0 aromatic carbocycles. The first-order chi connectivity index (χ1) is 26.4. The Labute approximate surface area is 334 Å². The molecule has 2 saturated heterocycles. The number of carboxylic acid groups (broad SMARTS) is 2. The normalized spacial score (nSPS) is 52.9. The number of rotatable bonds is 7. The fourth-order valence-corrected chi connectivity index (χ4v) is 13.7. The van der Waals surface area contributed by atoms with Gasteiger partial charge in [-0.2, -0.15) is 0 Å². The van der Waals surface area contributed by atoms with Gasteiger partial charge in [0.1, 0.15) is 42.7 Å². The number of hydrogen-bond donors (Lipinski definition) is 9. The fourth-order valence-electron chi connectivity index (χ4n) is 13.7. The molecule has 6 fully saturated rings. The third-order valence-electron chi connectivity index (χ3n) is 17.4. The van der Waals surface area contributed by atoms with Crippen LogP contribution in [0.4, 0.5) is 0 Å². The van der Waals surface area contributed by atoms with Crippen LogP contribution in [-0.4, -0.2) is 138 Å². The largest absolute Gasteiger partial charge is 0.481 e. The molecule has 0 aromatic rings. The van der Waals surface area contributed by atoms with Crippen molar-refractivity contribution in [2.45, 2.75) is 180 Å². The minimum atomic E-state index is -1.81. The Bertz CT molecular complexity index is 1600. The second-order valence-corrected chi connectivity index (χ2v) is 20.7. The number of aliphatic hydroxyl groups excluding tert-OH is 7. The zero-order chi connectivity index (χ0) is 42.0. The third kappa shape index (κ3) is 6.22. The first-order valence-corrected chi connectivity index (χ1v) is 20.9. The standard InChI is InChI=1S/C42H66O15/c1-37(2)14-16-42(36(52)53)17-15-40(6)19(24(42)32(37)57-34-29(48)26(45)25(44)20(18-43)54-34)8-9-22-39(5)12-11-23(38(3,4)21(39)10-13-41(22,40)7)55-35-30(49)27(46)28(47)31(56-35)33(50)51/h8,20-32,34-35,43-49H,9-18H2,1-7H3,(H,50,51)(H,52,53)/t20-,21+,22-,23?,24-,25-,26+,27+,28+,29-,30-,31+,32?,34+,35-,39+,40-,41-,42+/m1/s1. The predicted molar refractivity (Wildman–Crippen MR) is 200 cm³/mol. The van der Waals surface area contributed by atoms with Gasteiger partial charge in [-0.1, -0.05) is 60.1 Å². The summed E-state index contributed by atoms with van der Waals surface area (Å²) in [5, 5.41) is 94.4. The average Bonchev–Trinajstić information content (AvgIpc) is 3.13. The van der Waals surface area contributed by atoms with Gasteiger partial charge in [-0.05, 0) is 96.7 Å². The average molecular weight is 811 g/mol. The Morgan fingerprint density at radius 3 is 1.95 bits per heavy atom. The highest BCUT2D eigenvalue weighted by molar-refractivity contribution is 5.77. The zero-order valence-electron chi connectivity index (χ0n) is 34.3. The third-order valence-corrected chi connectivity index (χ3v) is 17.4. The maximum absolute atomic E-state index is 13.6. The maximum atomic E-state index is 13.6. The fraction of sp³-hybridized carbons (Fsp3) is 0.905. The van der Waals surface area contributed by atoms with Crippen LogP contribution in [0.2, 0.25) is 0 Å². The molecule has 0 amide bonds. The van der Waals surface area contributed by atoms with Gasteiger partial charge in [0.25, 0.3) is 0 Å². The van der Waals surface area contributed by atoms with Crippen molar-refractivity contribution < 1.29 is 74.5 Å². The molecular weight excluding hydrogens is 744 g/mol. The van der Waals surface area contributed by atoms with Crippen LogP contribution in [-0.2, 0) is 28.5 Å². The lowest BCUT2D eigenvalue weighted by molar-refractivity contribution is -0.331. The number of carbonyl (C=O) groups is 2. The Balaban J connectivity index is 1.21. The van der Waals surface area contributed by atoms with Gasteiger partial charge in [0.05, 0.1) is 24.2 Å². The molecule has 5 aliphatic carbocycles. The molecule has 0 aromatic heterocycles. The quantitative estimate of drug-likeness (QED) is 0.132. The van der Waals surface area contributed by atoms with Crippen molar-refractivity contribution in [2.75, 3.05) is 6.61 Å². The van der Waals surface area contributed by atoms with E-state index in [2.05, 4.69) is 40.7 Å². The van der Waals surface area contributed by atoms with Crippen LogP contribution in [0.1, 0.15) is 106 Å². The van der Waals surface area contributed by atoms with Crippen LogP contribution in [0.15, 0.2) is 11.6 Å². The summed E-state index contributed by atoms with van der Waals surface area (Å²) in [7, 11) is 0. The summed E-state index contributed by atoms with van der Waals surface area (Å²) in [6.07, 6.45) is -8.93. The van der Waals surface area contributed by atoms with Crippen LogP contribution < -0.4 is 0 Å². The van der Waals surface area contributed by atoms with E-state index in [0.717, 1.165) is 24.8 Å². The Morgan fingerprint density at radius 2 is 1.33 bits per heavy atom. The van der Waals surface area contributed by atoms with Crippen molar-refractivity contribution in [3.8, 4) is 0 Å². The van der Waals surface area contributed by atoms with E-state index in [-0.39, 0.29) is 22.7 Å². The zero-order valence-corrected chi connectivity index (χ0v) is 34.3. The highest BCUT2D eigenvalue weighted by Crippen LogP contribution is 2.76. The van der Waals surface area contributed by atoms with Gasteiger partial charge in [-0.15, -0.1) is 0 Å². The van der Waals surface area contributed by atoms with E-state index in [4.69, 9.17) is 18.9 Å². The molecule has 0 bridgehead atoms. The molecule has 2 aliphatic heterocycles. The van der Waals surface area contributed by atoms with Gasteiger partial charge in [0.15, 0.2) is 18.7 Å². The summed E-state index contributed by atoms with van der Waals surface area (Å²) in [6.45, 7) is 14.7. The summed E-state index contributed by atoms with van der Waals surface area (Å²) in [5.74, 6) is -2.60. The highest BCUT2D eigenvalue weighted by Gasteiger charge is 2.71. The lowest BCUT2D eigenvalue weighted by Crippen LogP contribution is -2.68. The van der Waals surface area contributed by atoms with Crippen LogP contribution in [0, 0.1) is 50.2 Å². The summed E-state index contributed by atoms with van der Waals surface area (Å²) >= 11 is 0. The summed E-state index contributed by atoms with van der Waals surface area (Å²) in [6, 6.07) is 0. The van der Waals surface area contributed by atoms with E-state index in [0.29, 0.717) is 38.5 Å². The van der Waals surface area contributed by atoms with Gasteiger partial charge in [0.2, 0.25) is 0 Å². The van der Waals surface area contributed by atoms with E-state index in [1.165, 1.54) is 0 Å². The van der Waals surface area contributed by atoms with Crippen molar-refractivity contribution >= 4 is 11.9 Å². The monoisotopic (exact) mass is 810 g/mol. The SMILES string of the molecule is CC1(C)CC[C@]2(C(=O)O)CC[C@]3(C)C(=CC[C@@H]4[C@@]5(C)CCC(O[C@@H]6O[C@H](C(=O)O)[C@@H](O)[C@H](O)[C@H]6O)C(C)(C)[C@@H]5CC[C@]43C)[C@@H]2C1O[C@@H]1O[C@H](CO)[C@@H](O)[C@H](O)[C@H]1O. The minimum Gasteiger partial charge on any atom is -0.481 e. The van der Waals surface area contributed by atoms with E-state index in [9.17, 15) is 55.5 Å². The van der Waals surface area contributed by atoms with Gasteiger partial charge < -0.3 is 64.9 Å². The number of aliphatic hydroxyl groups is 7. The molecule has 2 unspecified atom stereocenters. The summed E-state index contributed by atoms with van der Waals surface area (Å²) in [5.41, 5.74) is -2.01. The van der Waals surface area contributed by atoms with Crippen molar-refractivity contribution in [2.24, 2.45) is 50.2 Å². The first kappa shape index (κ1) is 43.3. The second-order valence-electron chi connectivity index (χ2n) is 20.7. The van der Waals surface area contributed by atoms with Gasteiger partial charge in [0, 0.05) is 5.92 Å². The lowest BCUT2D eigenvalue weighted by atomic mass is 9.33. The highest BCUT2D eigenvalue weighted by atomic mass is 16.7. The van der Waals surface area contributed by atoms with Crippen molar-refractivity contribution in [1.29, 1.82) is 0 Å². The molecule has 57 heavy (non-hydrogen) atoms. The number of carboxylic acids is 2. The molecule has 9 N–H and O–H groups in total. The molecule has 7 aliphatic rings. The Morgan fingerprint density at radius 1 is 0.719 bits per heavy atom.